The summed E-state index contributed by atoms with van der Waals surface area (Å²) in [6.45, 7) is 5.62. The number of halogens is 1. The van der Waals surface area contributed by atoms with Gasteiger partial charge in [-0.2, -0.15) is 0 Å². The van der Waals surface area contributed by atoms with E-state index in [0.717, 1.165) is 37.1 Å². The molecule has 1 aliphatic heterocycles. The van der Waals surface area contributed by atoms with Crippen molar-refractivity contribution in [2.75, 3.05) is 26.7 Å². The molecule has 2 aromatic carbocycles. The van der Waals surface area contributed by atoms with Gasteiger partial charge in [0.15, 0.2) is 11.5 Å². The Labute approximate surface area is 161 Å². The first-order valence-electron chi connectivity index (χ1n) is 9.68. The van der Waals surface area contributed by atoms with Crippen molar-refractivity contribution in [3.05, 3.63) is 59.4 Å². The van der Waals surface area contributed by atoms with Crippen LogP contribution in [-0.2, 0) is 13.1 Å². The zero-order valence-corrected chi connectivity index (χ0v) is 16.2. The third-order valence-electron chi connectivity index (χ3n) is 5.26. The van der Waals surface area contributed by atoms with E-state index in [1.54, 1.807) is 12.1 Å². The molecule has 0 bridgehead atoms. The average molecular weight is 372 g/mol. The van der Waals surface area contributed by atoms with E-state index in [1.165, 1.54) is 6.07 Å². The van der Waals surface area contributed by atoms with Gasteiger partial charge < -0.3 is 9.84 Å². The minimum Gasteiger partial charge on any atom is -0.504 e. The minimum atomic E-state index is -0.134. The summed E-state index contributed by atoms with van der Waals surface area (Å²) < 4.78 is 19.4. The Hall–Kier alpha value is -2.11. The monoisotopic (exact) mass is 372 g/mol. The number of benzene rings is 2. The summed E-state index contributed by atoms with van der Waals surface area (Å²) >= 11 is 0. The van der Waals surface area contributed by atoms with Crippen LogP contribution in [0.25, 0.3) is 0 Å². The van der Waals surface area contributed by atoms with Gasteiger partial charge in [-0.25, -0.2) is 4.39 Å². The smallest absolute Gasteiger partial charge is 0.162 e. The first-order chi connectivity index (χ1) is 13.1. The van der Waals surface area contributed by atoms with Crippen molar-refractivity contribution in [2.24, 2.45) is 0 Å². The van der Waals surface area contributed by atoms with Crippen molar-refractivity contribution in [3.8, 4) is 11.5 Å². The van der Waals surface area contributed by atoms with E-state index in [4.69, 9.17) is 4.74 Å². The number of aromatic hydroxyl groups is 1. The fraction of sp³-hybridized carbons (Fsp3) is 0.455. The van der Waals surface area contributed by atoms with Crippen LogP contribution in [0.4, 0.5) is 4.39 Å². The van der Waals surface area contributed by atoms with Gasteiger partial charge in [-0.15, -0.1) is 0 Å². The van der Waals surface area contributed by atoms with Gasteiger partial charge in [-0.3, -0.25) is 9.80 Å². The quantitative estimate of drug-likeness (QED) is 0.796. The summed E-state index contributed by atoms with van der Waals surface area (Å²) in [5.41, 5.74) is 1.62. The number of para-hydroxylation sites is 1. The highest BCUT2D eigenvalue weighted by atomic mass is 19.1. The topological polar surface area (TPSA) is 35.9 Å². The Kier molecular flexibility index (Phi) is 6.69. The van der Waals surface area contributed by atoms with Gasteiger partial charge in [0, 0.05) is 36.8 Å². The number of phenolic OH excluding ortho intramolecular Hbond substituents is 1. The summed E-state index contributed by atoms with van der Waals surface area (Å²) in [7, 11) is 2.09. The number of hydrogen-bond acceptors (Lipinski definition) is 4. The number of piperidine rings is 1. The Balaban J connectivity index is 1.62. The Morgan fingerprint density at radius 2 is 1.96 bits per heavy atom. The van der Waals surface area contributed by atoms with Gasteiger partial charge >= 0.3 is 0 Å². The van der Waals surface area contributed by atoms with E-state index in [1.807, 2.05) is 31.2 Å². The Morgan fingerprint density at radius 3 is 2.74 bits per heavy atom. The molecule has 1 fully saturated rings. The van der Waals surface area contributed by atoms with Crippen molar-refractivity contribution in [1.82, 2.24) is 9.80 Å². The third kappa shape index (κ3) is 4.99. The largest absolute Gasteiger partial charge is 0.504 e. The maximum absolute atomic E-state index is 14.0. The van der Waals surface area contributed by atoms with Crippen LogP contribution in [0.2, 0.25) is 0 Å². The molecule has 0 spiro atoms. The van der Waals surface area contributed by atoms with E-state index in [2.05, 4.69) is 16.8 Å². The van der Waals surface area contributed by atoms with E-state index in [-0.39, 0.29) is 11.6 Å². The predicted octanol–water partition coefficient (Wildman–Crippen LogP) is 4.03. The lowest BCUT2D eigenvalue weighted by Gasteiger charge is -2.38. The predicted molar refractivity (Wildman–Crippen MR) is 105 cm³/mol. The second-order valence-electron chi connectivity index (χ2n) is 7.23. The zero-order valence-electron chi connectivity index (χ0n) is 16.2. The molecule has 0 aromatic heterocycles. The molecule has 0 unspecified atom stereocenters. The molecule has 1 atom stereocenters. The second kappa shape index (κ2) is 9.20. The molecule has 1 aliphatic rings. The molecule has 2 aromatic rings. The average Bonchev–Trinajstić information content (AvgIpc) is 2.67. The number of rotatable bonds is 7. The van der Waals surface area contributed by atoms with Crippen LogP contribution >= 0.6 is 0 Å². The van der Waals surface area contributed by atoms with Crippen molar-refractivity contribution >= 4 is 0 Å². The Bertz CT molecular complexity index is 753. The molecule has 4 nitrogen and oxygen atoms in total. The SMILES string of the molecule is CCOc1cccc(CN(C)[C@H]2CCCN(Cc3ccccc3F)C2)c1O. The molecule has 1 N–H and O–H groups in total. The van der Waals surface area contributed by atoms with Gasteiger partial charge in [0.2, 0.25) is 0 Å². The van der Waals surface area contributed by atoms with Gasteiger partial charge in [0.05, 0.1) is 6.61 Å². The number of likely N-dealkylation sites (tertiary alicyclic amines) is 1. The van der Waals surface area contributed by atoms with Crippen LogP contribution in [0.5, 0.6) is 11.5 Å². The number of hydrogen-bond donors (Lipinski definition) is 1. The first kappa shape index (κ1) is 19.6. The molecule has 3 rings (SSSR count). The highest BCUT2D eigenvalue weighted by Crippen LogP contribution is 2.31. The molecule has 0 aliphatic carbocycles. The lowest BCUT2D eigenvalue weighted by Crippen LogP contribution is -2.45. The molecule has 1 saturated heterocycles. The van der Waals surface area contributed by atoms with Crippen molar-refractivity contribution in [2.45, 2.75) is 38.9 Å². The molecule has 27 heavy (non-hydrogen) atoms. The van der Waals surface area contributed by atoms with Crippen molar-refractivity contribution < 1.29 is 14.2 Å². The minimum absolute atomic E-state index is 0.134. The normalized spacial score (nSPS) is 18.0. The van der Waals surface area contributed by atoms with Gasteiger partial charge in [0.1, 0.15) is 5.82 Å². The molecule has 146 valence electrons. The second-order valence-corrected chi connectivity index (χ2v) is 7.23. The summed E-state index contributed by atoms with van der Waals surface area (Å²) in [4.78, 5) is 4.60. The van der Waals surface area contributed by atoms with Crippen LogP contribution in [0.3, 0.4) is 0 Å². The third-order valence-corrected chi connectivity index (χ3v) is 5.26. The summed E-state index contributed by atoms with van der Waals surface area (Å²) in [6.07, 6.45) is 2.20. The van der Waals surface area contributed by atoms with Gasteiger partial charge in [-0.05, 0) is 45.5 Å². The number of phenols is 1. The van der Waals surface area contributed by atoms with Gasteiger partial charge in [0.25, 0.3) is 0 Å². The summed E-state index contributed by atoms with van der Waals surface area (Å²) in [6, 6.07) is 13.0. The molecule has 1 heterocycles. The maximum atomic E-state index is 14.0. The van der Waals surface area contributed by atoms with E-state index in [0.29, 0.717) is 31.5 Å². The van der Waals surface area contributed by atoms with E-state index < -0.39 is 0 Å². The van der Waals surface area contributed by atoms with Crippen LogP contribution in [0.1, 0.15) is 30.9 Å². The van der Waals surface area contributed by atoms with Crippen LogP contribution < -0.4 is 4.74 Å². The molecular weight excluding hydrogens is 343 g/mol. The standard InChI is InChI=1S/C22H29FN2O2/c1-3-27-21-12-6-9-18(22(21)26)14-24(2)19-10-7-13-25(16-19)15-17-8-4-5-11-20(17)23/h4-6,8-9,11-12,19,26H,3,7,10,13-16H2,1-2H3/t19-/m0/s1. The fourth-order valence-electron chi connectivity index (χ4n) is 3.77. The molecule has 0 radical (unpaired) electrons. The number of ether oxygens (including phenoxy) is 1. The van der Waals surface area contributed by atoms with Crippen molar-refractivity contribution in [3.63, 3.8) is 0 Å². The lowest BCUT2D eigenvalue weighted by atomic mass is 10.0. The molecular formula is C22H29FN2O2. The zero-order chi connectivity index (χ0) is 19.2. The lowest BCUT2D eigenvalue weighted by molar-refractivity contribution is 0.106. The molecule has 0 amide bonds. The van der Waals surface area contributed by atoms with E-state index >= 15 is 0 Å². The fourth-order valence-corrected chi connectivity index (χ4v) is 3.77. The highest BCUT2D eigenvalue weighted by Gasteiger charge is 2.24. The maximum Gasteiger partial charge on any atom is 0.162 e. The van der Waals surface area contributed by atoms with Crippen LogP contribution in [0, 0.1) is 5.82 Å². The van der Waals surface area contributed by atoms with Crippen LogP contribution in [-0.4, -0.2) is 47.7 Å². The molecule has 0 saturated carbocycles. The van der Waals surface area contributed by atoms with Crippen molar-refractivity contribution in [1.29, 1.82) is 0 Å². The first-order valence-corrected chi connectivity index (χ1v) is 9.68. The number of likely N-dealkylation sites (N-methyl/N-ethyl adjacent to an activating group) is 1. The summed E-state index contributed by atoms with van der Waals surface area (Å²) in [5, 5.41) is 10.4. The van der Waals surface area contributed by atoms with Gasteiger partial charge in [-0.1, -0.05) is 30.3 Å². The highest BCUT2D eigenvalue weighted by molar-refractivity contribution is 5.45. The Morgan fingerprint density at radius 1 is 1.19 bits per heavy atom. The number of nitrogens with zero attached hydrogens (tertiary/aromatic N) is 2. The van der Waals surface area contributed by atoms with E-state index in [9.17, 15) is 9.50 Å². The van der Waals surface area contributed by atoms with Crippen LogP contribution in [0.15, 0.2) is 42.5 Å². The summed E-state index contributed by atoms with van der Waals surface area (Å²) in [5.74, 6) is 0.629. The molecule has 5 heteroatoms.